The second-order valence-electron chi connectivity index (χ2n) is 6.06. The summed E-state index contributed by atoms with van der Waals surface area (Å²) in [4.78, 5) is 48.2. The molecule has 0 saturated carbocycles. The van der Waals surface area contributed by atoms with Gasteiger partial charge in [-0.05, 0) is 18.9 Å². The van der Waals surface area contributed by atoms with Crippen molar-refractivity contribution in [3.8, 4) is 0 Å². The second-order valence-corrected chi connectivity index (χ2v) is 6.06. The van der Waals surface area contributed by atoms with Crippen LogP contribution >= 0.6 is 0 Å². The molecule has 1 aliphatic carbocycles. The smallest absolute Gasteiger partial charge is 0.292 e. The number of anilines is 1. The van der Waals surface area contributed by atoms with E-state index in [4.69, 9.17) is 0 Å². The zero-order valence-electron chi connectivity index (χ0n) is 13.4. The molecular formula is C17H17N3O5. The Labute approximate surface area is 143 Å². The number of carbonyl (C=O) groups is 3. The third-order valence-corrected chi connectivity index (χ3v) is 4.54. The fourth-order valence-corrected chi connectivity index (χ4v) is 3.25. The summed E-state index contributed by atoms with van der Waals surface area (Å²) in [5, 5.41) is 13.4. The van der Waals surface area contributed by atoms with E-state index in [0.29, 0.717) is 12.8 Å². The SMILES string of the molecule is O=C(CCN1C(=O)[C@H]2CC=CC[C@@H]2C1=O)Nc1ccccc1[N+](=O)[O-]. The number of benzene rings is 1. The number of nitro groups is 1. The molecule has 1 aromatic rings. The van der Waals surface area contributed by atoms with Crippen molar-refractivity contribution in [1.29, 1.82) is 0 Å². The quantitative estimate of drug-likeness (QED) is 0.380. The lowest BCUT2D eigenvalue weighted by molar-refractivity contribution is -0.383. The third kappa shape index (κ3) is 3.28. The predicted molar refractivity (Wildman–Crippen MR) is 88.4 cm³/mol. The summed E-state index contributed by atoms with van der Waals surface area (Å²) in [6.45, 7) is -0.0167. The zero-order valence-corrected chi connectivity index (χ0v) is 13.4. The van der Waals surface area contributed by atoms with Gasteiger partial charge >= 0.3 is 0 Å². The Morgan fingerprint density at radius 2 is 1.76 bits per heavy atom. The number of para-hydroxylation sites is 2. The van der Waals surface area contributed by atoms with Crippen LogP contribution in [0.15, 0.2) is 36.4 Å². The van der Waals surface area contributed by atoms with E-state index >= 15 is 0 Å². The first-order chi connectivity index (χ1) is 12.0. The molecule has 2 aliphatic rings. The topological polar surface area (TPSA) is 110 Å². The van der Waals surface area contributed by atoms with Crippen LogP contribution in [0.2, 0.25) is 0 Å². The van der Waals surface area contributed by atoms with Gasteiger partial charge in [0.2, 0.25) is 17.7 Å². The van der Waals surface area contributed by atoms with Crippen molar-refractivity contribution in [2.75, 3.05) is 11.9 Å². The van der Waals surface area contributed by atoms with Crippen LogP contribution in [-0.4, -0.2) is 34.1 Å². The highest BCUT2D eigenvalue weighted by atomic mass is 16.6. The molecule has 0 aromatic heterocycles. The first kappa shape index (κ1) is 16.8. The predicted octanol–water partition coefficient (Wildman–Crippen LogP) is 1.87. The van der Waals surface area contributed by atoms with Gasteiger partial charge in [-0.15, -0.1) is 0 Å². The monoisotopic (exact) mass is 343 g/mol. The average molecular weight is 343 g/mol. The van der Waals surface area contributed by atoms with Crippen LogP contribution in [0.5, 0.6) is 0 Å². The standard InChI is InChI=1S/C17H17N3O5/c21-15(18-13-7-3-4-8-14(13)20(24)25)9-10-19-16(22)11-5-1-2-6-12(11)17(19)23/h1-4,7-8,11-12H,5-6,9-10H2,(H,18,21)/t11-,12-/m0/s1. The summed E-state index contributed by atoms with van der Waals surface area (Å²) in [6.07, 6.45) is 4.80. The van der Waals surface area contributed by atoms with Gasteiger partial charge in [0.15, 0.2) is 0 Å². The van der Waals surface area contributed by atoms with E-state index in [1.807, 2.05) is 12.2 Å². The molecule has 3 rings (SSSR count). The van der Waals surface area contributed by atoms with Crippen LogP contribution in [0, 0.1) is 22.0 Å². The highest BCUT2D eigenvalue weighted by Crippen LogP contribution is 2.35. The van der Waals surface area contributed by atoms with Crippen LogP contribution < -0.4 is 5.32 Å². The molecule has 25 heavy (non-hydrogen) atoms. The Kier molecular flexibility index (Phi) is 4.60. The number of nitrogens with zero attached hydrogens (tertiary/aromatic N) is 2. The van der Waals surface area contributed by atoms with Gasteiger partial charge in [-0.1, -0.05) is 24.3 Å². The first-order valence-corrected chi connectivity index (χ1v) is 8.02. The normalized spacial score (nSPS) is 22.0. The highest BCUT2D eigenvalue weighted by molar-refractivity contribution is 6.06. The molecule has 2 atom stereocenters. The number of rotatable bonds is 5. The summed E-state index contributed by atoms with van der Waals surface area (Å²) >= 11 is 0. The first-order valence-electron chi connectivity index (χ1n) is 8.02. The van der Waals surface area contributed by atoms with E-state index in [0.717, 1.165) is 4.90 Å². The van der Waals surface area contributed by atoms with Crippen LogP contribution in [0.4, 0.5) is 11.4 Å². The van der Waals surface area contributed by atoms with E-state index in [-0.39, 0.29) is 48.0 Å². The lowest BCUT2D eigenvalue weighted by Gasteiger charge is -2.14. The molecule has 0 bridgehead atoms. The molecule has 1 aliphatic heterocycles. The van der Waals surface area contributed by atoms with E-state index < -0.39 is 10.8 Å². The average Bonchev–Trinajstić information content (AvgIpc) is 2.85. The van der Waals surface area contributed by atoms with E-state index in [1.165, 1.54) is 18.2 Å². The number of imide groups is 1. The Balaban J connectivity index is 1.61. The van der Waals surface area contributed by atoms with Gasteiger partial charge in [0.1, 0.15) is 5.69 Å². The number of nitro benzene ring substituents is 1. The van der Waals surface area contributed by atoms with Crippen molar-refractivity contribution >= 4 is 29.1 Å². The molecule has 130 valence electrons. The number of nitrogens with one attached hydrogen (secondary N) is 1. The minimum Gasteiger partial charge on any atom is -0.320 e. The summed E-state index contributed by atoms with van der Waals surface area (Å²) in [6, 6.07) is 5.81. The maximum absolute atomic E-state index is 12.3. The number of amides is 3. The number of carbonyl (C=O) groups excluding carboxylic acids is 3. The lowest BCUT2D eigenvalue weighted by Crippen LogP contribution is -2.34. The van der Waals surface area contributed by atoms with E-state index in [1.54, 1.807) is 6.07 Å². The maximum atomic E-state index is 12.3. The molecule has 3 amide bonds. The van der Waals surface area contributed by atoms with Gasteiger partial charge in [-0.2, -0.15) is 0 Å². The Hall–Kier alpha value is -3.03. The number of likely N-dealkylation sites (tertiary alicyclic amines) is 1. The summed E-state index contributed by atoms with van der Waals surface area (Å²) < 4.78 is 0. The molecule has 0 radical (unpaired) electrons. The summed E-state index contributed by atoms with van der Waals surface area (Å²) in [7, 11) is 0. The molecule has 1 aromatic carbocycles. The van der Waals surface area contributed by atoms with E-state index in [2.05, 4.69) is 5.32 Å². The van der Waals surface area contributed by atoms with Gasteiger partial charge in [0, 0.05) is 19.0 Å². The van der Waals surface area contributed by atoms with Crippen molar-refractivity contribution in [3.05, 3.63) is 46.5 Å². The Morgan fingerprint density at radius 1 is 1.16 bits per heavy atom. The van der Waals surface area contributed by atoms with Crippen molar-refractivity contribution in [2.45, 2.75) is 19.3 Å². The molecule has 1 fully saturated rings. The zero-order chi connectivity index (χ0) is 18.0. The molecule has 1 saturated heterocycles. The Morgan fingerprint density at radius 3 is 2.36 bits per heavy atom. The molecule has 0 spiro atoms. The number of hydrogen-bond donors (Lipinski definition) is 1. The number of fused-ring (bicyclic) bond motifs is 1. The van der Waals surface area contributed by atoms with Crippen molar-refractivity contribution in [2.24, 2.45) is 11.8 Å². The van der Waals surface area contributed by atoms with Gasteiger partial charge < -0.3 is 5.32 Å². The van der Waals surface area contributed by atoms with Crippen LogP contribution in [-0.2, 0) is 14.4 Å². The van der Waals surface area contributed by atoms with Gasteiger partial charge in [-0.25, -0.2) is 0 Å². The summed E-state index contributed by atoms with van der Waals surface area (Å²) in [5.41, 5.74) is -0.115. The fraction of sp³-hybridized carbons (Fsp3) is 0.353. The van der Waals surface area contributed by atoms with Gasteiger partial charge in [-0.3, -0.25) is 29.4 Å². The second kappa shape index (κ2) is 6.84. The van der Waals surface area contributed by atoms with Crippen molar-refractivity contribution in [3.63, 3.8) is 0 Å². The molecular weight excluding hydrogens is 326 g/mol. The van der Waals surface area contributed by atoms with Gasteiger partial charge in [0.25, 0.3) is 5.69 Å². The molecule has 1 N–H and O–H groups in total. The van der Waals surface area contributed by atoms with Crippen LogP contribution in [0.25, 0.3) is 0 Å². The minimum absolute atomic E-state index is 0.0167. The Bertz CT molecular complexity index is 747. The number of hydrogen-bond acceptors (Lipinski definition) is 5. The van der Waals surface area contributed by atoms with Crippen LogP contribution in [0.3, 0.4) is 0 Å². The van der Waals surface area contributed by atoms with Crippen molar-refractivity contribution < 1.29 is 19.3 Å². The fourth-order valence-electron chi connectivity index (χ4n) is 3.25. The van der Waals surface area contributed by atoms with Gasteiger partial charge in [0.05, 0.1) is 16.8 Å². The maximum Gasteiger partial charge on any atom is 0.292 e. The lowest BCUT2D eigenvalue weighted by atomic mass is 9.85. The van der Waals surface area contributed by atoms with E-state index in [9.17, 15) is 24.5 Å². The molecule has 8 nitrogen and oxygen atoms in total. The molecule has 1 heterocycles. The van der Waals surface area contributed by atoms with Crippen LogP contribution in [0.1, 0.15) is 19.3 Å². The van der Waals surface area contributed by atoms with Crippen molar-refractivity contribution in [1.82, 2.24) is 4.90 Å². The highest BCUT2D eigenvalue weighted by Gasteiger charge is 2.46. The largest absolute Gasteiger partial charge is 0.320 e. The minimum atomic E-state index is -0.583. The molecule has 8 heteroatoms. The summed E-state index contributed by atoms with van der Waals surface area (Å²) in [5.74, 6) is -1.61. The third-order valence-electron chi connectivity index (χ3n) is 4.54. The molecule has 0 unspecified atom stereocenters. The number of allylic oxidation sites excluding steroid dienone is 2.